The zero-order valence-electron chi connectivity index (χ0n) is 11.8. The number of sulfonamides is 1. The zero-order valence-corrected chi connectivity index (χ0v) is 12.6. The number of piperidine rings is 1. The largest absolute Gasteiger partial charge is 0.390 e. The number of hydrogen-bond acceptors (Lipinski definition) is 4. The minimum atomic E-state index is -3.16. The summed E-state index contributed by atoms with van der Waals surface area (Å²) in [5.74, 6) is 0.562. The normalized spacial score (nSPS) is 32.1. The van der Waals surface area contributed by atoms with Crippen LogP contribution in [0.5, 0.6) is 0 Å². The minimum absolute atomic E-state index is 0.275. The molecule has 112 valence electrons. The van der Waals surface area contributed by atoms with E-state index < -0.39 is 15.6 Å². The van der Waals surface area contributed by atoms with E-state index in [9.17, 15) is 13.5 Å². The summed E-state index contributed by atoms with van der Waals surface area (Å²) in [6, 6.07) is 0. The molecule has 2 rings (SSSR count). The van der Waals surface area contributed by atoms with Gasteiger partial charge in [-0.15, -0.1) is 0 Å². The predicted molar refractivity (Wildman–Crippen MR) is 75.4 cm³/mol. The molecule has 0 aromatic rings. The highest BCUT2D eigenvalue weighted by molar-refractivity contribution is 7.89. The molecular formula is C13H26N2O3S. The van der Waals surface area contributed by atoms with E-state index in [0.29, 0.717) is 25.9 Å². The van der Waals surface area contributed by atoms with E-state index in [4.69, 9.17) is 0 Å². The van der Waals surface area contributed by atoms with E-state index in [1.165, 1.54) is 0 Å². The van der Waals surface area contributed by atoms with Gasteiger partial charge in [-0.1, -0.05) is 0 Å². The van der Waals surface area contributed by atoms with Crippen molar-refractivity contribution in [3.63, 3.8) is 0 Å². The molecule has 2 aliphatic heterocycles. The minimum Gasteiger partial charge on any atom is -0.390 e. The number of hydrogen-bond donors (Lipinski definition) is 2. The van der Waals surface area contributed by atoms with Crippen LogP contribution in [0.25, 0.3) is 0 Å². The summed E-state index contributed by atoms with van der Waals surface area (Å²) in [5, 5.41) is 13.3. The monoisotopic (exact) mass is 290 g/mol. The van der Waals surface area contributed by atoms with Gasteiger partial charge in [0.25, 0.3) is 0 Å². The average Bonchev–Trinajstić information content (AvgIpc) is 2.51. The molecule has 0 aromatic carbocycles. The van der Waals surface area contributed by atoms with Crippen LogP contribution in [-0.2, 0) is 10.0 Å². The Bertz CT molecular complexity index is 389. The molecule has 1 unspecified atom stereocenters. The van der Waals surface area contributed by atoms with E-state index in [0.717, 1.165) is 32.4 Å². The first kappa shape index (κ1) is 15.2. The molecule has 19 heavy (non-hydrogen) atoms. The van der Waals surface area contributed by atoms with Crippen molar-refractivity contribution in [2.45, 2.75) is 44.6 Å². The zero-order chi connectivity index (χ0) is 13.9. The van der Waals surface area contributed by atoms with Crippen LogP contribution in [0.15, 0.2) is 0 Å². The van der Waals surface area contributed by atoms with Gasteiger partial charge in [0.15, 0.2) is 0 Å². The Morgan fingerprint density at radius 3 is 2.63 bits per heavy atom. The third-order valence-electron chi connectivity index (χ3n) is 4.32. The first-order valence-corrected chi connectivity index (χ1v) is 8.91. The topological polar surface area (TPSA) is 69.6 Å². The molecule has 0 bridgehead atoms. The Hall–Kier alpha value is -0.170. The first-order valence-electron chi connectivity index (χ1n) is 7.30. The van der Waals surface area contributed by atoms with Crippen LogP contribution in [0, 0.1) is 5.92 Å². The highest BCUT2D eigenvalue weighted by atomic mass is 32.2. The second kappa shape index (κ2) is 6.08. The van der Waals surface area contributed by atoms with Gasteiger partial charge in [0, 0.05) is 13.1 Å². The van der Waals surface area contributed by atoms with Gasteiger partial charge in [0.2, 0.25) is 10.0 Å². The summed E-state index contributed by atoms with van der Waals surface area (Å²) in [5.41, 5.74) is -0.709. The molecule has 0 radical (unpaired) electrons. The predicted octanol–water partition coefficient (Wildman–Crippen LogP) is 0.553. The molecule has 2 saturated heterocycles. The van der Waals surface area contributed by atoms with Crippen molar-refractivity contribution in [2.24, 2.45) is 5.92 Å². The van der Waals surface area contributed by atoms with Crippen LogP contribution in [0.1, 0.15) is 39.0 Å². The lowest BCUT2D eigenvalue weighted by Crippen LogP contribution is -2.39. The van der Waals surface area contributed by atoms with Crippen molar-refractivity contribution in [1.29, 1.82) is 0 Å². The van der Waals surface area contributed by atoms with E-state index in [1.807, 2.05) is 0 Å². The molecule has 0 aromatic heterocycles. The van der Waals surface area contributed by atoms with E-state index in [1.54, 1.807) is 11.2 Å². The van der Waals surface area contributed by atoms with Gasteiger partial charge in [0.05, 0.1) is 11.4 Å². The molecule has 2 aliphatic rings. The van der Waals surface area contributed by atoms with Crippen molar-refractivity contribution in [3.8, 4) is 0 Å². The third kappa shape index (κ3) is 4.41. The Kier molecular flexibility index (Phi) is 4.87. The van der Waals surface area contributed by atoms with Crippen molar-refractivity contribution in [1.82, 2.24) is 9.62 Å². The van der Waals surface area contributed by atoms with Crippen molar-refractivity contribution in [2.75, 3.05) is 31.9 Å². The molecule has 1 atom stereocenters. The van der Waals surface area contributed by atoms with Crippen LogP contribution >= 0.6 is 0 Å². The smallest absolute Gasteiger partial charge is 0.214 e. The maximum absolute atomic E-state index is 12.4. The highest BCUT2D eigenvalue weighted by Crippen LogP contribution is 2.24. The Morgan fingerprint density at radius 1 is 1.26 bits per heavy atom. The van der Waals surface area contributed by atoms with Gasteiger partial charge >= 0.3 is 0 Å². The molecule has 2 heterocycles. The standard InChI is InChI=1S/C13H26N2O3S/c1-13(16)5-2-9-15(10-6-13)19(17,18)11-12-3-7-14-8-4-12/h12,14,16H,2-11H2,1H3. The van der Waals surface area contributed by atoms with Gasteiger partial charge < -0.3 is 10.4 Å². The van der Waals surface area contributed by atoms with Gasteiger partial charge in [-0.3, -0.25) is 0 Å². The highest BCUT2D eigenvalue weighted by Gasteiger charge is 2.32. The fourth-order valence-corrected chi connectivity index (χ4v) is 4.89. The summed E-state index contributed by atoms with van der Waals surface area (Å²) >= 11 is 0. The van der Waals surface area contributed by atoms with Crippen LogP contribution in [0.4, 0.5) is 0 Å². The van der Waals surface area contributed by atoms with Crippen molar-refractivity contribution >= 4 is 10.0 Å². The molecule has 0 saturated carbocycles. The molecule has 0 amide bonds. The van der Waals surface area contributed by atoms with E-state index in [-0.39, 0.29) is 11.7 Å². The molecule has 0 spiro atoms. The van der Waals surface area contributed by atoms with Gasteiger partial charge in [-0.2, -0.15) is 0 Å². The quantitative estimate of drug-likeness (QED) is 0.796. The third-order valence-corrected chi connectivity index (χ3v) is 6.37. The number of aliphatic hydroxyl groups is 1. The van der Waals surface area contributed by atoms with Gasteiger partial charge in [-0.05, 0) is 58.0 Å². The Labute approximate surface area is 116 Å². The summed E-state index contributed by atoms with van der Waals surface area (Å²) < 4.78 is 26.5. The van der Waals surface area contributed by atoms with Gasteiger partial charge in [-0.25, -0.2) is 12.7 Å². The molecule has 0 aliphatic carbocycles. The molecule has 2 N–H and O–H groups in total. The Balaban J connectivity index is 1.94. The molecule has 6 heteroatoms. The lowest BCUT2D eigenvalue weighted by Gasteiger charge is -2.27. The maximum Gasteiger partial charge on any atom is 0.214 e. The number of rotatable bonds is 3. The van der Waals surface area contributed by atoms with Crippen LogP contribution in [-0.4, -0.2) is 55.4 Å². The lowest BCUT2D eigenvalue weighted by molar-refractivity contribution is 0.0465. The fourth-order valence-electron chi connectivity index (χ4n) is 2.97. The van der Waals surface area contributed by atoms with Crippen LogP contribution in [0.3, 0.4) is 0 Å². The second-order valence-corrected chi connectivity index (χ2v) is 8.24. The van der Waals surface area contributed by atoms with Crippen LogP contribution < -0.4 is 5.32 Å². The SMILES string of the molecule is CC1(O)CCCN(S(=O)(=O)CC2CCNCC2)CC1. The second-order valence-electron chi connectivity index (χ2n) is 6.22. The van der Waals surface area contributed by atoms with E-state index in [2.05, 4.69) is 5.32 Å². The average molecular weight is 290 g/mol. The summed E-state index contributed by atoms with van der Waals surface area (Å²) in [6.45, 7) is 4.67. The van der Waals surface area contributed by atoms with Crippen LogP contribution in [0.2, 0.25) is 0 Å². The van der Waals surface area contributed by atoms with E-state index >= 15 is 0 Å². The molecular weight excluding hydrogens is 264 g/mol. The van der Waals surface area contributed by atoms with Crippen molar-refractivity contribution < 1.29 is 13.5 Å². The summed E-state index contributed by atoms with van der Waals surface area (Å²) in [4.78, 5) is 0. The maximum atomic E-state index is 12.4. The molecule has 2 fully saturated rings. The Morgan fingerprint density at radius 2 is 1.95 bits per heavy atom. The number of nitrogens with one attached hydrogen (secondary N) is 1. The summed E-state index contributed by atoms with van der Waals surface area (Å²) in [7, 11) is -3.16. The summed E-state index contributed by atoms with van der Waals surface area (Å²) in [6.07, 6.45) is 3.87. The van der Waals surface area contributed by atoms with Crippen molar-refractivity contribution in [3.05, 3.63) is 0 Å². The number of nitrogens with zero attached hydrogens (tertiary/aromatic N) is 1. The molecule has 5 nitrogen and oxygen atoms in total. The van der Waals surface area contributed by atoms with Gasteiger partial charge in [0.1, 0.15) is 0 Å². The first-order chi connectivity index (χ1) is 8.89. The lowest BCUT2D eigenvalue weighted by atomic mass is 9.98. The fraction of sp³-hybridized carbons (Fsp3) is 1.00.